The highest BCUT2D eigenvalue weighted by Gasteiger charge is 2.32. The Morgan fingerprint density at radius 3 is 2.38 bits per heavy atom. The van der Waals surface area contributed by atoms with Crippen LogP contribution in [-0.2, 0) is 0 Å². The van der Waals surface area contributed by atoms with E-state index in [4.69, 9.17) is 0 Å². The molecule has 5 nitrogen and oxygen atoms in total. The molecule has 3 heterocycles. The predicted molar refractivity (Wildman–Crippen MR) is 92.0 cm³/mol. The highest BCUT2D eigenvalue weighted by Crippen LogP contribution is 2.32. The molecular formula is C18H20FN5. The molecule has 1 saturated heterocycles. The molecule has 2 aliphatic rings. The summed E-state index contributed by atoms with van der Waals surface area (Å²) in [5, 5.41) is 3.38. The van der Waals surface area contributed by atoms with Crippen molar-refractivity contribution in [3.8, 4) is 0 Å². The topological polar surface area (TPSA) is 52.2 Å². The van der Waals surface area contributed by atoms with E-state index in [2.05, 4.69) is 26.1 Å². The summed E-state index contributed by atoms with van der Waals surface area (Å²) >= 11 is 0. The summed E-state index contributed by atoms with van der Waals surface area (Å²) in [6.45, 7) is 3.91. The number of hydrogen-bond donors (Lipinski definition) is 3. The largest absolute Gasteiger partial charge is 0.319 e. The molecule has 3 N–H and O–H groups in total. The van der Waals surface area contributed by atoms with Crippen molar-refractivity contribution in [2.45, 2.75) is 6.17 Å². The normalized spacial score (nSPS) is 21.8. The molecule has 0 saturated carbocycles. The van der Waals surface area contributed by atoms with Crippen LogP contribution < -0.4 is 16.2 Å². The Hall–Kier alpha value is -2.28. The lowest BCUT2D eigenvalue weighted by atomic mass is 9.98. The number of pyridine rings is 1. The number of rotatable bonds is 3. The third-order valence-corrected chi connectivity index (χ3v) is 4.52. The van der Waals surface area contributed by atoms with Crippen LogP contribution in [0.3, 0.4) is 0 Å². The molecule has 2 aliphatic heterocycles. The van der Waals surface area contributed by atoms with Crippen LogP contribution >= 0.6 is 0 Å². The quantitative estimate of drug-likeness (QED) is 0.797. The minimum atomic E-state index is -0.227. The van der Waals surface area contributed by atoms with E-state index >= 15 is 0 Å². The highest BCUT2D eigenvalue weighted by atomic mass is 19.1. The van der Waals surface area contributed by atoms with Crippen LogP contribution in [-0.4, -0.2) is 42.2 Å². The number of benzene rings is 1. The Balaban J connectivity index is 1.77. The zero-order chi connectivity index (χ0) is 16.4. The van der Waals surface area contributed by atoms with Gasteiger partial charge in [0.15, 0.2) is 0 Å². The standard InChI is InChI=1S/C18H20FN5/c19-15-3-1-14(2-4-15)17-16(13-5-7-20-8-6-13)18(23-22-17)24-11-9-21-10-12-24/h1-8,18,21-23H,9-12H2. The molecular weight excluding hydrogens is 305 g/mol. The van der Waals surface area contributed by atoms with Crippen molar-refractivity contribution in [2.24, 2.45) is 0 Å². The Labute approximate surface area is 140 Å². The molecule has 2 aromatic rings. The van der Waals surface area contributed by atoms with Crippen LogP contribution in [0.5, 0.6) is 0 Å². The summed E-state index contributed by atoms with van der Waals surface area (Å²) in [6, 6.07) is 10.6. The van der Waals surface area contributed by atoms with Gasteiger partial charge in [0.2, 0.25) is 0 Å². The Kier molecular flexibility index (Phi) is 4.25. The molecule has 1 aromatic carbocycles. The molecule has 1 aromatic heterocycles. The Morgan fingerprint density at radius 1 is 0.958 bits per heavy atom. The van der Waals surface area contributed by atoms with E-state index in [1.807, 2.05) is 12.1 Å². The third-order valence-electron chi connectivity index (χ3n) is 4.52. The fourth-order valence-corrected chi connectivity index (χ4v) is 3.31. The number of piperazine rings is 1. The molecule has 1 fully saturated rings. The van der Waals surface area contributed by atoms with Crippen LogP contribution in [0.15, 0.2) is 48.8 Å². The molecule has 0 spiro atoms. The first-order chi connectivity index (χ1) is 11.8. The summed E-state index contributed by atoms with van der Waals surface area (Å²) in [7, 11) is 0. The average molecular weight is 325 g/mol. The number of aromatic nitrogens is 1. The van der Waals surface area contributed by atoms with E-state index < -0.39 is 0 Å². The number of hydrogen-bond acceptors (Lipinski definition) is 5. The van der Waals surface area contributed by atoms with Gasteiger partial charge in [-0.3, -0.25) is 9.88 Å². The summed E-state index contributed by atoms with van der Waals surface area (Å²) in [5.41, 5.74) is 11.0. The second kappa shape index (κ2) is 6.68. The van der Waals surface area contributed by atoms with Crippen LogP contribution in [0.2, 0.25) is 0 Å². The maximum absolute atomic E-state index is 13.3. The van der Waals surface area contributed by atoms with Gasteiger partial charge < -0.3 is 10.7 Å². The molecule has 24 heavy (non-hydrogen) atoms. The summed E-state index contributed by atoms with van der Waals surface area (Å²) in [4.78, 5) is 6.54. The van der Waals surface area contributed by atoms with Crippen LogP contribution in [0.4, 0.5) is 4.39 Å². The lowest BCUT2D eigenvalue weighted by molar-refractivity contribution is 0.183. The third kappa shape index (κ3) is 2.91. The number of halogens is 1. The summed E-state index contributed by atoms with van der Waals surface area (Å²) in [6.07, 6.45) is 3.68. The predicted octanol–water partition coefficient (Wildman–Crippen LogP) is 1.43. The van der Waals surface area contributed by atoms with Crippen molar-refractivity contribution in [3.05, 3.63) is 65.7 Å². The molecule has 0 radical (unpaired) electrons. The maximum atomic E-state index is 13.3. The van der Waals surface area contributed by atoms with E-state index in [-0.39, 0.29) is 12.0 Å². The zero-order valence-electron chi connectivity index (χ0n) is 13.3. The smallest absolute Gasteiger partial charge is 0.123 e. The fraction of sp³-hybridized carbons (Fsp3) is 0.278. The van der Waals surface area contributed by atoms with E-state index in [0.29, 0.717) is 0 Å². The van der Waals surface area contributed by atoms with Gasteiger partial charge in [-0.25, -0.2) is 9.82 Å². The van der Waals surface area contributed by atoms with Crippen LogP contribution in [0.1, 0.15) is 11.1 Å². The monoisotopic (exact) mass is 325 g/mol. The van der Waals surface area contributed by atoms with Gasteiger partial charge in [-0.2, -0.15) is 0 Å². The van der Waals surface area contributed by atoms with Crippen molar-refractivity contribution in [1.29, 1.82) is 0 Å². The van der Waals surface area contributed by atoms with Gasteiger partial charge in [-0.1, -0.05) is 0 Å². The molecule has 1 atom stereocenters. The SMILES string of the molecule is Fc1ccc(C2=C(c3ccncc3)C(N3CCNCC3)NN2)cc1. The van der Waals surface area contributed by atoms with Crippen molar-refractivity contribution in [3.63, 3.8) is 0 Å². The fourth-order valence-electron chi connectivity index (χ4n) is 3.31. The molecule has 0 bridgehead atoms. The lowest BCUT2D eigenvalue weighted by Crippen LogP contribution is -2.53. The van der Waals surface area contributed by atoms with E-state index in [9.17, 15) is 4.39 Å². The molecule has 6 heteroatoms. The van der Waals surface area contributed by atoms with Crippen molar-refractivity contribution in [1.82, 2.24) is 26.1 Å². The van der Waals surface area contributed by atoms with Gasteiger partial charge in [-0.05, 0) is 47.5 Å². The summed E-state index contributed by atoms with van der Waals surface area (Å²) < 4.78 is 13.3. The Bertz CT molecular complexity index is 723. The van der Waals surface area contributed by atoms with E-state index in [1.165, 1.54) is 17.7 Å². The van der Waals surface area contributed by atoms with E-state index in [1.54, 1.807) is 24.5 Å². The first kappa shape index (κ1) is 15.3. The number of nitrogens with one attached hydrogen (secondary N) is 3. The minimum Gasteiger partial charge on any atom is -0.319 e. The van der Waals surface area contributed by atoms with Gasteiger partial charge >= 0.3 is 0 Å². The molecule has 4 rings (SSSR count). The van der Waals surface area contributed by atoms with Crippen molar-refractivity contribution < 1.29 is 4.39 Å². The van der Waals surface area contributed by atoms with Crippen LogP contribution in [0, 0.1) is 5.82 Å². The van der Waals surface area contributed by atoms with Gasteiger partial charge in [0.1, 0.15) is 12.0 Å². The summed E-state index contributed by atoms with van der Waals surface area (Å²) in [5.74, 6) is -0.227. The molecule has 0 amide bonds. The zero-order valence-corrected chi connectivity index (χ0v) is 13.3. The van der Waals surface area contributed by atoms with Gasteiger partial charge in [-0.15, -0.1) is 0 Å². The van der Waals surface area contributed by atoms with Gasteiger partial charge in [0.25, 0.3) is 0 Å². The minimum absolute atomic E-state index is 0.0783. The number of hydrazine groups is 1. The average Bonchev–Trinajstić information content (AvgIpc) is 3.09. The van der Waals surface area contributed by atoms with E-state index in [0.717, 1.165) is 43.0 Å². The molecule has 0 aliphatic carbocycles. The Morgan fingerprint density at radius 2 is 1.67 bits per heavy atom. The van der Waals surface area contributed by atoms with Gasteiger partial charge in [0.05, 0.1) is 5.70 Å². The van der Waals surface area contributed by atoms with Crippen LogP contribution in [0.25, 0.3) is 11.3 Å². The van der Waals surface area contributed by atoms with Gasteiger partial charge in [0, 0.05) is 44.1 Å². The number of nitrogens with zero attached hydrogens (tertiary/aromatic N) is 2. The highest BCUT2D eigenvalue weighted by molar-refractivity contribution is 5.93. The van der Waals surface area contributed by atoms with Crippen molar-refractivity contribution >= 4 is 11.3 Å². The second-order valence-electron chi connectivity index (χ2n) is 5.99. The van der Waals surface area contributed by atoms with Crippen molar-refractivity contribution in [2.75, 3.05) is 26.2 Å². The first-order valence-corrected chi connectivity index (χ1v) is 8.20. The maximum Gasteiger partial charge on any atom is 0.123 e. The second-order valence-corrected chi connectivity index (χ2v) is 5.99. The lowest BCUT2D eigenvalue weighted by Gasteiger charge is -2.33. The first-order valence-electron chi connectivity index (χ1n) is 8.20. The molecule has 1 unspecified atom stereocenters. The molecule has 124 valence electrons.